The van der Waals surface area contributed by atoms with Crippen LogP contribution < -0.4 is 0 Å². The fourth-order valence-electron chi connectivity index (χ4n) is 0.986. The zero-order chi connectivity index (χ0) is 10.5. The molecule has 0 aliphatic rings. The largest absolute Gasteiger partial charge is 0.481 e. The molecule has 13 heavy (non-hydrogen) atoms. The molecule has 1 N–H and O–H groups in total. The topological polar surface area (TPSA) is 46.5 Å². The summed E-state index contributed by atoms with van der Waals surface area (Å²) in [5, 5.41) is 8.58. The van der Waals surface area contributed by atoms with Crippen molar-refractivity contribution in [2.75, 3.05) is 6.61 Å². The second-order valence-corrected chi connectivity index (χ2v) is 4.36. The van der Waals surface area contributed by atoms with Crippen LogP contribution in [0.2, 0.25) is 0 Å². The predicted octanol–water partition coefficient (Wildman–Crippen LogP) is 2.30. The Morgan fingerprint density at radius 3 is 2.38 bits per heavy atom. The van der Waals surface area contributed by atoms with Crippen molar-refractivity contribution in [3.63, 3.8) is 0 Å². The molecule has 0 aromatic heterocycles. The Labute approximate surface area is 80.1 Å². The number of carboxylic acids is 1. The van der Waals surface area contributed by atoms with Gasteiger partial charge in [-0.1, -0.05) is 13.8 Å². The molecule has 0 amide bonds. The van der Waals surface area contributed by atoms with Crippen molar-refractivity contribution >= 4 is 5.97 Å². The minimum atomic E-state index is -0.811. The van der Waals surface area contributed by atoms with Gasteiger partial charge in [0.1, 0.15) is 0 Å². The van der Waals surface area contributed by atoms with Crippen molar-refractivity contribution in [1.29, 1.82) is 0 Å². The minimum Gasteiger partial charge on any atom is -0.481 e. The first kappa shape index (κ1) is 12.4. The molecule has 0 radical (unpaired) electrons. The molecule has 0 aromatic rings. The Morgan fingerprint density at radius 1 is 1.46 bits per heavy atom. The van der Waals surface area contributed by atoms with Gasteiger partial charge in [0.05, 0.1) is 12.0 Å². The van der Waals surface area contributed by atoms with Crippen LogP contribution in [0.5, 0.6) is 0 Å². The van der Waals surface area contributed by atoms with Gasteiger partial charge in [-0.3, -0.25) is 4.79 Å². The summed E-state index contributed by atoms with van der Waals surface area (Å²) >= 11 is 0. The number of carboxylic acid groups (broad SMARTS) is 1. The van der Waals surface area contributed by atoms with Crippen LogP contribution in [0.1, 0.15) is 40.5 Å². The fraction of sp³-hybridized carbons (Fsp3) is 0.900. The average molecular weight is 188 g/mol. The molecule has 0 unspecified atom stereocenters. The van der Waals surface area contributed by atoms with Gasteiger partial charge in [0, 0.05) is 6.61 Å². The molecule has 0 aliphatic heterocycles. The third-order valence-electron chi connectivity index (χ3n) is 1.76. The fourth-order valence-corrected chi connectivity index (χ4v) is 0.986. The molecular formula is C10H20O3. The second-order valence-electron chi connectivity index (χ2n) is 4.36. The van der Waals surface area contributed by atoms with Crippen LogP contribution in [-0.4, -0.2) is 23.3 Å². The molecule has 0 saturated heterocycles. The van der Waals surface area contributed by atoms with Crippen LogP contribution >= 0.6 is 0 Å². The molecule has 78 valence electrons. The predicted molar refractivity (Wildman–Crippen MR) is 51.7 cm³/mol. The highest BCUT2D eigenvalue weighted by molar-refractivity contribution is 5.67. The minimum absolute atomic E-state index is 0.0606. The lowest BCUT2D eigenvalue weighted by molar-refractivity contribution is -0.143. The third-order valence-corrected chi connectivity index (χ3v) is 1.76. The lowest BCUT2D eigenvalue weighted by Crippen LogP contribution is -2.28. The Hall–Kier alpha value is -0.570. The standard InChI is InChI=1S/C10H20O3/c1-8(2)5-6-13-10(3,4)7-9(11)12/h8H,5-7H2,1-4H3,(H,11,12). The van der Waals surface area contributed by atoms with Crippen LogP contribution in [0, 0.1) is 5.92 Å². The van der Waals surface area contributed by atoms with Crippen molar-refractivity contribution in [1.82, 2.24) is 0 Å². The van der Waals surface area contributed by atoms with E-state index < -0.39 is 11.6 Å². The molecule has 0 bridgehead atoms. The highest BCUT2D eigenvalue weighted by Crippen LogP contribution is 2.15. The van der Waals surface area contributed by atoms with E-state index in [1.54, 1.807) is 13.8 Å². The lowest BCUT2D eigenvalue weighted by atomic mass is 10.1. The van der Waals surface area contributed by atoms with E-state index in [0.29, 0.717) is 12.5 Å². The number of ether oxygens (including phenoxy) is 1. The van der Waals surface area contributed by atoms with Crippen molar-refractivity contribution in [2.24, 2.45) is 5.92 Å². The summed E-state index contributed by atoms with van der Waals surface area (Å²) in [4.78, 5) is 10.4. The summed E-state index contributed by atoms with van der Waals surface area (Å²) < 4.78 is 5.47. The molecule has 0 aromatic carbocycles. The van der Waals surface area contributed by atoms with Gasteiger partial charge in [0.15, 0.2) is 0 Å². The van der Waals surface area contributed by atoms with Crippen LogP contribution in [0.4, 0.5) is 0 Å². The molecule has 0 saturated carbocycles. The molecule has 0 atom stereocenters. The summed E-state index contributed by atoms with van der Waals surface area (Å²) in [6.07, 6.45) is 1.04. The third kappa shape index (κ3) is 7.78. The van der Waals surface area contributed by atoms with Crippen LogP contribution in [0.25, 0.3) is 0 Å². The van der Waals surface area contributed by atoms with E-state index in [4.69, 9.17) is 9.84 Å². The molecule has 0 spiro atoms. The van der Waals surface area contributed by atoms with Gasteiger partial charge in [-0.25, -0.2) is 0 Å². The normalized spacial score (nSPS) is 12.1. The van der Waals surface area contributed by atoms with E-state index in [1.165, 1.54) is 0 Å². The number of hydrogen-bond donors (Lipinski definition) is 1. The molecule has 3 heteroatoms. The van der Waals surface area contributed by atoms with Crippen molar-refractivity contribution in [2.45, 2.75) is 46.1 Å². The quantitative estimate of drug-likeness (QED) is 0.695. The molecule has 0 fully saturated rings. The average Bonchev–Trinajstić information content (AvgIpc) is 1.81. The Kier molecular flexibility index (Phi) is 4.99. The first-order valence-corrected chi connectivity index (χ1v) is 4.69. The number of carbonyl (C=O) groups is 1. The van der Waals surface area contributed by atoms with E-state index in [0.717, 1.165) is 6.42 Å². The van der Waals surface area contributed by atoms with Crippen molar-refractivity contribution in [3.05, 3.63) is 0 Å². The zero-order valence-corrected chi connectivity index (χ0v) is 8.96. The zero-order valence-electron chi connectivity index (χ0n) is 8.96. The molecule has 0 rings (SSSR count). The highest BCUT2D eigenvalue weighted by atomic mass is 16.5. The first-order chi connectivity index (χ1) is 5.83. The molecule has 0 heterocycles. The summed E-state index contributed by atoms with van der Waals surface area (Å²) in [7, 11) is 0. The van der Waals surface area contributed by atoms with Gasteiger partial charge in [-0.15, -0.1) is 0 Å². The Bertz CT molecular complexity index is 162. The molecule has 0 aliphatic carbocycles. The lowest BCUT2D eigenvalue weighted by Gasteiger charge is -2.23. The van der Waals surface area contributed by atoms with Gasteiger partial charge in [-0.05, 0) is 26.2 Å². The van der Waals surface area contributed by atoms with Gasteiger partial charge in [0.25, 0.3) is 0 Å². The van der Waals surface area contributed by atoms with E-state index >= 15 is 0 Å². The summed E-state index contributed by atoms with van der Waals surface area (Å²) in [5.41, 5.74) is -0.541. The summed E-state index contributed by atoms with van der Waals surface area (Å²) in [6, 6.07) is 0. The molecular weight excluding hydrogens is 168 g/mol. The Balaban J connectivity index is 3.69. The van der Waals surface area contributed by atoms with Crippen molar-refractivity contribution in [3.8, 4) is 0 Å². The maximum atomic E-state index is 10.4. The van der Waals surface area contributed by atoms with Gasteiger partial charge in [-0.2, -0.15) is 0 Å². The van der Waals surface area contributed by atoms with E-state index in [-0.39, 0.29) is 6.42 Å². The van der Waals surface area contributed by atoms with Crippen LogP contribution in [0.3, 0.4) is 0 Å². The monoisotopic (exact) mass is 188 g/mol. The van der Waals surface area contributed by atoms with Gasteiger partial charge in [0.2, 0.25) is 0 Å². The van der Waals surface area contributed by atoms with E-state index in [9.17, 15) is 4.79 Å². The number of aliphatic carboxylic acids is 1. The summed E-state index contributed by atoms with van der Waals surface area (Å²) in [5.74, 6) is -0.213. The van der Waals surface area contributed by atoms with Crippen molar-refractivity contribution < 1.29 is 14.6 Å². The Morgan fingerprint density at radius 2 is 2.00 bits per heavy atom. The number of rotatable bonds is 6. The van der Waals surface area contributed by atoms with E-state index in [1.807, 2.05) is 0 Å². The number of hydrogen-bond acceptors (Lipinski definition) is 2. The first-order valence-electron chi connectivity index (χ1n) is 4.69. The maximum Gasteiger partial charge on any atom is 0.306 e. The van der Waals surface area contributed by atoms with Gasteiger partial charge >= 0.3 is 5.97 Å². The summed E-state index contributed by atoms with van der Waals surface area (Å²) in [6.45, 7) is 8.49. The smallest absolute Gasteiger partial charge is 0.306 e. The van der Waals surface area contributed by atoms with Gasteiger partial charge < -0.3 is 9.84 Å². The maximum absolute atomic E-state index is 10.4. The SMILES string of the molecule is CC(C)CCOC(C)(C)CC(=O)O. The second kappa shape index (κ2) is 5.22. The highest BCUT2D eigenvalue weighted by Gasteiger charge is 2.21. The van der Waals surface area contributed by atoms with Crippen LogP contribution in [-0.2, 0) is 9.53 Å². The van der Waals surface area contributed by atoms with E-state index in [2.05, 4.69) is 13.8 Å². The van der Waals surface area contributed by atoms with Crippen LogP contribution in [0.15, 0.2) is 0 Å². The molecule has 3 nitrogen and oxygen atoms in total.